The van der Waals surface area contributed by atoms with Crippen LogP contribution in [0.2, 0.25) is 5.02 Å². The Morgan fingerprint density at radius 3 is 2.42 bits per heavy atom. The highest BCUT2D eigenvalue weighted by Gasteiger charge is 2.16. The molecule has 1 aliphatic rings. The number of anilines is 2. The number of nitrogens with one attached hydrogen (secondary N) is 1. The van der Waals surface area contributed by atoms with Gasteiger partial charge in [-0.3, -0.25) is 9.59 Å². The van der Waals surface area contributed by atoms with Gasteiger partial charge in [0.05, 0.1) is 24.6 Å². The van der Waals surface area contributed by atoms with Crippen molar-refractivity contribution in [3.05, 3.63) is 59.1 Å². The number of carbonyl (C=O) groups is 2. The highest BCUT2D eigenvalue weighted by molar-refractivity contribution is 6.30. The molecule has 1 saturated heterocycles. The molecular formula is C20H21ClN2O3. The molecule has 2 aromatic carbocycles. The molecule has 1 fully saturated rings. The van der Waals surface area contributed by atoms with Gasteiger partial charge in [-0.2, -0.15) is 0 Å². The average molecular weight is 373 g/mol. The Labute approximate surface area is 157 Å². The van der Waals surface area contributed by atoms with Gasteiger partial charge in [-0.05, 0) is 36.4 Å². The van der Waals surface area contributed by atoms with Crippen molar-refractivity contribution in [3.8, 4) is 0 Å². The van der Waals surface area contributed by atoms with Gasteiger partial charge in [-0.1, -0.05) is 23.7 Å². The van der Waals surface area contributed by atoms with E-state index >= 15 is 0 Å². The van der Waals surface area contributed by atoms with E-state index in [0.717, 1.165) is 24.5 Å². The van der Waals surface area contributed by atoms with Crippen LogP contribution in [0.3, 0.4) is 0 Å². The number of morpholine rings is 1. The first kappa shape index (κ1) is 18.4. The van der Waals surface area contributed by atoms with Gasteiger partial charge in [-0.25, -0.2) is 0 Å². The van der Waals surface area contributed by atoms with Crippen LogP contribution in [0, 0.1) is 0 Å². The molecule has 1 aliphatic heterocycles. The van der Waals surface area contributed by atoms with Crippen molar-refractivity contribution in [3.63, 3.8) is 0 Å². The van der Waals surface area contributed by atoms with E-state index < -0.39 is 0 Å². The fourth-order valence-electron chi connectivity index (χ4n) is 2.88. The van der Waals surface area contributed by atoms with Gasteiger partial charge in [0.2, 0.25) is 5.91 Å². The van der Waals surface area contributed by atoms with Crippen LogP contribution < -0.4 is 10.2 Å². The van der Waals surface area contributed by atoms with Crippen molar-refractivity contribution in [1.29, 1.82) is 0 Å². The predicted octanol–water partition coefficient (Wildman–Crippen LogP) is 3.78. The van der Waals surface area contributed by atoms with Crippen LogP contribution in [0.15, 0.2) is 48.5 Å². The van der Waals surface area contributed by atoms with Crippen molar-refractivity contribution in [1.82, 2.24) is 0 Å². The van der Waals surface area contributed by atoms with E-state index in [9.17, 15) is 9.59 Å². The number of hydrogen-bond donors (Lipinski definition) is 1. The number of ether oxygens (including phenoxy) is 1. The molecule has 0 unspecified atom stereocenters. The van der Waals surface area contributed by atoms with Gasteiger partial charge in [0.15, 0.2) is 5.78 Å². The van der Waals surface area contributed by atoms with E-state index in [0.29, 0.717) is 23.8 Å². The maximum Gasteiger partial charge on any atom is 0.224 e. The van der Waals surface area contributed by atoms with Crippen LogP contribution in [-0.2, 0) is 9.53 Å². The number of rotatable bonds is 6. The Kier molecular flexibility index (Phi) is 6.26. The minimum atomic E-state index is -0.173. The Hall–Kier alpha value is -2.37. The zero-order valence-electron chi connectivity index (χ0n) is 14.4. The number of halogens is 1. The van der Waals surface area contributed by atoms with Crippen molar-refractivity contribution in [2.24, 2.45) is 0 Å². The van der Waals surface area contributed by atoms with Crippen molar-refractivity contribution in [2.75, 3.05) is 36.5 Å². The normalized spacial score (nSPS) is 14.1. The molecule has 6 heteroatoms. The Morgan fingerprint density at radius 2 is 1.69 bits per heavy atom. The first-order chi connectivity index (χ1) is 12.6. The lowest BCUT2D eigenvalue weighted by Crippen LogP contribution is -2.36. The minimum absolute atomic E-state index is 0.0710. The zero-order chi connectivity index (χ0) is 18.4. The summed E-state index contributed by atoms with van der Waals surface area (Å²) in [5.41, 5.74) is 2.31. The molecule has 0 spiro atoms. The monoisotopic (exact) mass is 372 g/mol. The number of benzene rings is 2. The number of amides is 1. The summed E-state index contributed by atoms with van der Waals surface area (Å²) in [6.07, 6.45) is 0.298. The summed E-state index contributed by atoms with van der Waals surface area (Å²) in [5, 5.41) is 3.51. The van der Waals surface area contributed by atoms with Gasteiger partial charge in [0.25, 0.3) is 0 Å². The minimum Gasteiger partial charge on any atom is -0.378 e. The summed E-state index contributed by atoms with van der Waals surface area (Å²) in [6.45, 7) is 2.94. The molecule has 136 valence electrons. The van der Waals surface area contributed by atoms with Crippen LogP contribution in [0.25, 0.3) is 0 Å². The number of ketones is 1. The standard InChI is InChI=1S/C20H21ClN2O3/c21-16-7-5-15(6-8-16)19(24)9-10-20(25)22-17-3-1-2-4-18(17)23-11-13-26-14-12-23/h1-8H,9-14H2,(H,22,25). The summed E-state index contributed by atoms with van der Waals surface area (Å²) in [7, 11) is 0. The molecule has 5 nitrogen and oxygen atoms in total. The molecule has 0 saturated carbocycles. The first-order valence-corrected chi connectivity index (χ1v) is 9.01. The highest BCUT2D eigenvalue weighted by Crippen LogP contribution is 2.26. The lowest BCUT2D eigenvalue weighted by Gasteiger charge is -2.30. The van der Waals surface area contributed by atoms with Crippen molar-refractivity contribution in [2.45, 2.75) is 12.8 Å². The smallest absolute Gasteiger partial charge is 0.224 e. The fraction of sp³-hybridized carbons (Fsp3) is 0.300. The molecule has 0 aromatic heterocycles. The summed E-state index contributed by atoms with van der Waals surface area (Å²) >= 11 is 5.83. The predicted molar refractivity (Wildman–Crippen MR) is 103 cm³/mol. The summed E-state index contributed by atoms with van der Waals surface area (Å²) in [4.78, 5) is 26.7. The van der Waals surface area contributed by atoms with Gasteiger partial charge in [0, 0.05) is 36.5 Å². The maximum atomic E-state index is 12.3. The SMILES string of the molecule is O=C(CCC(=O)c1ccc(Cl)cc1)Nc1ccccc1N1CCOCC1. The second-order valence-corrected chi connectivity index (χ2v) is 6.53. The van der Waals surface area contributed by atoms with E-state index in [1.54, 1.807) is 24.3 Å². The van der Waals surface area contributed by atoms with Crippen LogP contribution >= 0.6 is 11.6 Å². The first-order valence-electron chi connectivity index (χ1n) is 8.64. The Morgan fingerprint density at radius 1 is 1.00 bits per heavy atom. The lowest BCUT2D eigenvalue weighted by molar-refractivity contribution is -0.116. The van der Waals surface area contributed by atoms with E-state index in [-0.39, 0.29) is 24.5 Å². The quantitative estimate of drug-likeness (QED) is 0.784. The average Bonchev–Trinajstić information content (AvgIpc) is 2.68. The van der Waals surface area contributed by atoms with Gasteiger partial charge >= 0.3 is 0 Å². The second kappa shape index (κ2) is 8.83. The third-order valence-electron chi connectivity index (χ3n) is 4.28. The lowest BCUT2D eigenvalue weighted by atomic mass is 10.1. The molecule has 2 aromatic rings. The van der Waals surface area contributed by atoms with Crippen molar-refractivity contribution >= 4 is 34.7 Å². The molecular weight excluding hydrogens is 352 g/mol. The van der Waals surface area contributed by atoms with E-state index in [1.807, 2.05) is 24.3 Å². The van der Waals surface area contributed by atoms with Gasteiger partial charge < -0.3 is 15.0 Å². The summed E-state index contributed by atoms with van der Waals surface area (Å²) in [5.74, 6) is -0.244. The molecule has 1 N–H and O–H groups in total. The maximum absolute atomic E-state index is 12.3. The van der Waals surface area contributed by atoms with Crippen LogP contribution in [0.4, 0.5) is 11.4 Å². The molecule has 1 amide bonds. The number of carbonyl (C=O) groups excluding carboxylic acids is 2. The van der Waals surface area contributed by atoms with Crippen molar-refractivity contribution < 1.29 is 14.3 Å². The van der Waals surface area contributed by atoms with Crippen LogP contribution in [-0.4, -0.2) is 38.0 Å². The van der Waals surface area contributed by atoms with E-state index in [4.69, 9.17) is 16.3 Å². The fourth-order valence-corrected chi connectivity index (χ4v) is 3.01. The molecule has 26 heavy (non-hydrogen) atoms. The van der Waals surface area contributed by atoms with E-state index in [1.165, 1.54) is 0 Å². The number of Topliss-reactive ketones (excluding diaryl/α,β-unsaturated/α-hetero) is 1. The third-order valence-corrected chi connectivity index (χ3v) is 4.53. The van der Waals surface area contributed by atoms with Gasteiger partial charge in [0.1, 0.15) is 0 Å². The number of nitrogens with zero attached hydrogens (tertiary/aromatic N) is 1. The molecule has 1 heterocycles. The highest BCUT2D eigenvalue weighted by atomic mass is 35.5. The van der Waals surface area contributed by atoms with Gasteiger partial charge in [-0.15, -0.1) is 0 Å². The Balaban J connectivity index is 1.58. The zero-order valence-corrected chi connectivity index (χ0v) is 15.2. The number of hydrogen-bond acceptors (Lipinski definition) is 4. The largest absolute Gasteiger partial charge is 0.378 e. The topological polar surface area (TPSA) is 58.6 Å². The number of para-hydroxylation sites is 2. The van der Waals surface area contributed by atoms with E-state index in [2.05, 4.69) is 10.2 Å². The second-order valence-electron chi connectivity index (χ2n) is 6.09. The summed E-state index contributed by atoms with van der Waals surface area (Å²) < 4.78 is 5.38. The molecule has 0 aliphatic carbocycles. The van der Waals surface area contributed by atoms with Crippen LogP contribution in [0.5, 0.6) is 0 Å². The molecule has 0 bridgehead atoms. The summed E-state index contributed by atoms with van der Waals surface area (Å²) in [6, 6.07) is 14.4. The molecule has 0 radical (unpaired) electrons. The molecule has 0 atom stereocenters. The molecule has 3 rings (SSSR count). The Bertz CT molecular complexity index is 771. The third kappa shape index (κ3) is 4.84. The van der Waals surface area contributed by atoms with Crippen LogP contribution in [0.1, 0.15) is 23.2 Å².